The number of halogens is 4. The minimum absolute atomic E-state index is 0.193. The standard InChI is InChI=1S/C11H10F4/c1-9-5-3-2-4-6-10(12,13)7-8-11(9,14)15/h2-5,7-8H,1,6H2/b4-2-,5-3-,8-7-. The highest BCUT2D eigenvalue weighted by Gasteiger charge is 2.31. The lowest BCUT2D eigenvalue weighted by molar-refractivity contribution is 0.0510. The highest BCUT2D eigenvalue weighted by atomic mass is 19.3. The Morgan fingerprint density at radius 3 is 2.40 bits per heavy atom. The smallest absolute Gasteiger partial charge is 0.202 e. The summed E-state index contributed by atoms with van der Waals surface area (Å²) in [5, 5.41) is 0. The fourth-order valence-electron chi connectivity index (χ4n) is 0.988. The van der Waals surface area contributed by atoms with E-state index in [-0.39, 0.29) is 12.2 Å². The molecule has 0 unspecified atom stereocenters. The molecule has 0 bridgehead atoms. The summed E-state index contributed by atoms with van der Waals surface area (Å²) in [6, 6.07) is 0. The van der Waals surface area contributed by atoms with Gasteiger partial charge in [0.2, 0.25) is 0 Å². The van der Waals surface area contributed by atoms with Crippen LogP contribution in [0.15, 0.2) is 48.6 Å². The summed E-state index contributed by atoms with van der Waals surface area (Å²) in [6.45, 7) is 3.12. The van der Waals surface area contributed by atoms with Crippen molar-refractivity contribution in [3.05, 3.63) is 48.6 Å². The normalized spacial score (nSPS) is 30.5. The summed E-state index contributed by atoms with van der Waals surface area (Å²) >= 11 is 0. The molecule has 15 heavy (non-hydrogen) atoms. The molecule has 0 saturated carbocycles. The van der Waals surface area contributed by atoms with Crippen LogP contribution in [0, 0.1) is 0 Å². The van der Waals surface area contributed by atoms with E-state index < -0.39 is 23.8 Å². The average Bonchev–Trinajstić information content (AvgIpc) is 2.13. The van der Waals surface area contributed by atoms with Crippen molar-refractivity contribution < 1.29 is 17.6 Å². The second kappa shape index (κ2) is 4.04. The molecule has 0 aliphatic heterocycles. The molecule has 1 rings (SSSR count). The molecule has 0 saturated heterocycles. The molecule has 0 N–H and O–H groups in total. The van der Waals surface area contributed by atoms with E-state index in [1.165, 1.54) is 18.2 Å². The van der Waals surface area contributed by atoms with Crippen molar-refractivity contribution in [2.75, 3.05) is 0 Å². The molecular weight excluding hydrogens is 208 g/mol. The third-order valence-electron chi connectivity index (χ3n) is 1.90. The van der Waals surface area contributed by atoms with Crippen LogP contribution < -0.4 is 0 Å². The summed E-state index contributed by atoms with van der Waals surface area (Å²) in [5.41, 5.74) is -0.513. The van der Waals surface area contributed by atoms with Crippen molar-refractivity contribution in [1.29, 1.82) is 0 Å². The first-order valence-electron chi connectivity index (χ1n) is 4.32. The summed E-state index contributed by atoms with van der Waals surface area (Å²) < 4.78 is 52.0. The van der Waals surface area contributed by atoms with Crippen LogP contribution >= 0.6 is 0 Å². The largest absolute Gasteiger partial charge is 0.291 e. The lowest BCUT2D eigenvalue weighted by atomic mass is 10.1. The van der Waals surface area contributed by atoms with Gasteiger partial charge in [-0.15, -0.1) is 0 Å². The molecule has 4 heteroatoms. The van der Waals surface area contributed by atoms with Crippen molar-refractivity contribution in [2.45, 2.75) is 18.3 Å². The molecule has 0 heterocycles. The maximum atomic E-state index is 13.1. The van der Waals surface area contributed by atoms with Gasteiger partial charge in [-0.3, -0.25) is 0 Å². The maximum Gasteiger partial charge on any atom is 0.291 e. The lowest BCUT2D eigenvalue weighted by Crippen LogP contribution is -2.18. The van der Waals surface area contributed by atoms with Gasteiger partial charge >= 0.3 is 0 Å². The third-order valence-corrected chi connectivity index (χ3v) is 1.90. The van der Waals surface area contributed by atoms with E-state index in [2.05, 4.69) is 6.58 Å². The number of allylic oxidation sites excluding steroid dienone is 7. The van der Waals surface area contributed by atoms with Crippen LogP contribution in [-0.2, 0) is 0 Å². The molecular formula is C11H10F4. The second-order valence-corrected chi connectivity index (χ2v) is 3.23. The van der Waals surface area contributed by atoms with Crippen LogP contribution in [0.2, 0.25) is 0 Å². The fourth-order valence-corrected chi connectivity index (χ4v) is 0.988. The molecule has 1 aliphatic rings. The van der Waals surface area contributed by atoms with Gasteiger partial charge in [-0.2, -0.15) is 8.78 Å². The number of hydrogen-bond acceptors (Lipinski definition) is 0. The predicted octanol–water partition coefficient (Wildman–Crippen LogP) is 3.89. The Morgan fingerprint density at radius 2 is 1.73 bits per heavy atom. The minimum Gasteiger partial charge on any atom is -0.202 e. The fraction of sp³-hybridized carbons (Fsp3) is 0.273. The topological polar surface area (TPSA) is 0 Å². The van der Waals surface area contributed by atoms with Gasteiger partial charge in [0.1, 0.15) is 0 Å². The first-order valence-corrected chi connectivity index (χ1v) is 4.32. The monoisotopic (exact) mass is 218 g/mol. The summed E-state index contributed by atoms with van der Waals surface area (Å²) in [5.74, 6) is -6.67. The van der Waals surface area contributed by atoms with Crippen molar-refractivity contribution in [3.63, 3.8) is 0 Å². The second-order valence-electron chi connectivity index (χ2n) is 3.23. The maximum absolute atomic E-state index is 13.1. The molecule has 0 spiro atoms. The van der Waals surface area contributed by atoms with Crippen LogP contribution in [0.5, 0.6) is 0 Å². The van der Waals surface area contributed by atoms with Crippen LogP contribution in [0.4, 0.5) is 17.6 Å². The van der Waals surface area contributed by atoms with E-state index in [4.69, 9.17) is 0 Å². The molecule has 0 atom stereocenters. The number of alkyl halides is 4. The molecule has 0 aromatic heterocycles. The SMILES string of the molecule is C=C1/C=C\C=C/CC(F)(F)/C=C\C1(F)F. The molecule has 0 aromatic carbocycles. The van der Waals surface area contributed by atoms with Crippen molar-refractivity contribution in [3.8, 4) is 0 Å². The van der Waals surface area contributed by atoms with Gasteiger partial charge in [-0.25, -0.2) is 8.78 Å². The number of rotatable bonds is 0. The lowest BCUT2D eigenvalue weighted by Gasteiger charge is -2.15. The van der Waals surface area contributed by atoms with E-state index in [1.54, 1.807) is 0 Å². The van der Waals surface area contributed by atoms with Crippen LogP contribution in [0.3, 0.4) is 0 Å². The van der Waals surface area contributed by atoms with Crippen molar-refractivity contribution in [1.82, 2.24) is 0 Å². The van der Waals surface area contributed by atoms with Gasteiger partial charge in [0.05, 0.1) is 0 Å². The van der Waals surface area contributed by atoms with Crippen LogP contribution in [-0.4, -0.2) is 11.8 Å². The molecule has 82 valence electrons. The zero-order valence-electron chi connectivity index (χ0n) is 7.89. The number of hydrogen-bond donors (Lipinski definition) is 0. The van der Waals surface area contributed by atoms with Gasteiger partial charge < -0.3 is 0 Å². The molecule has 0 amide bonds. The first-order chi connectivity index (χ1) is 6.83. The predicted molar refractivity (Wildman–Crippen MR) is 51.1 cm³/mol. The molecule has 0 aromatic rings. The van der Waals surface area contributed by atoms with Gasteiger partial charge in [0.15, 0.2) is 0 Å². The average molecular weight is 218 g/mol. The molecule has 0 fully saturated rings. The summed E-state index contributed by atoms with van der Waals surface area (Å²) in [7, 11) is 0. The zero-order chi connectivity index (χ0) is 11.5. The van der Waals surface area contributed by atoms with Crippen LogP contribution in [0.25, 0.3) is 0 Å². The van der Waals surface area contributed by atoms with Crippen LogP contribution in [0.1, 0.15) is 6.42 Å². The first kappa shape index (κ1) is 11.8. The van der Waals surface area contributed by atoms with Gasteiger partial charge in [0.25, 0.3) is 11.8 Å². The Labute approximate surface area is 85.3 Å². The summed E-state index contributed by atoms with van der Waals surface area (Å²) in [4.78, 5) is 0. The van der Waals surface area contributed by atoms with Gasteiger partial charge in [-0.05, 0) is 12.2 Å². The zero-order valence-corrected chi connectivity index (χ0v) is 7.89. The van der Waals surface area contributed by atoms with Gasteiger partial charge in [0, 0.05) is 12.0 Å². The Bertz CT molecular complexity index is 334. The Kier molecular flexibility index (Phi) is 3.17. The molecule has 1 aliphatic carbocycles. The summed E-state index contributed by atoms with van der Waals surface area (Å²) in [6.07, 6.45) is 4.72. The quantitative estimate of drug-likeness (QED) is 0.427. The van der Waals surface area contributed by atoms with Gasteiger partial charge in [-0.1, -0.05) is 30.9 Å². The molecule has 0 nitrogen and oxygen atoms in total. The molecule has 0 radical (unpaired) electrons. The Hall–Kier alpha value is -1.32. The van der Waals surface area contributed by atoms with E-state index in [0.29, 0.717) is 0 Å². The van der Waals surface area contributed by atoms with E-state index >= 15 is 0 Å². The minimum atomic E-state index is -3.43. The third kappa shape index (κ3) is 3.38. The van der Waals surface area contributed by atoms with Crippen molar-refractivity contribution >= 4 is 0 Å². The van der Waals surface area contributed by atoms with Crippen molar-refractivity contribution in [2.24, 2.45) is 0 Å². The highest BCUT2D eigenvalue weighted by molar-refractivity contribution is 5.31. The van der Waals surface area contributed by atoms with E-state index in [0.717, 1.165) is 6.08 Å². The van der Waals surface area contributed by atoms with E-state index in [9.17, 15) is 17.6 Å². The van der Waals surface area contributed by atoms with E-state index in [1.807, 2.05) is 0 Å². The Balaban J connectivity index is 3.05. The Morgan fingerprint density at radius 1 is 1.07 bits per heavy atom. The highest BCUT2D eigenvalue weighted by Crippen LogP contribution is 2.29.